The second-order valence-corrected chi connectivity index (χ2v) is 8.79. The first-order valence-corrected chi connectivity index (χ1v) is 10.9. The summed E-state index contributed by atoms with van der Waals surface area (Å²) in [6.07, 6.45) is 1.33. The Hall–Kier alpha value is -2.74. The van der Waals surface area contributed by atoms with Gasteiger partial charge in [0.25, 0.3) is 5.56 Å². The fourth-order valence-electron chi connectivity index (χ4n) is 4.55. The summed E-state index contributed by atoms with van der Waals surface area (Å²) in [7, 11) is 0. The lowest BCUT2D eigenvalue weighted by Gasteiger charge is -2.38. The fraction of sp³-hybridized carbons (Fsp3) is 0.429. The summed E-state index contributed by atoms with van der Waals surface area (Å²) in [5, 5.41) is 12.3. The van der Waals surface area contributed by atoms with Gasteiger partial charge in [0.15, 0.2) is 5.79 Å². The van der Waals surface area contributed by atoms with Crippen LogP contribution in [0.5, 0.6) is 0 Å². The molecule has 0 bridgehead atoms. The maximum Gasteiger partial charge on any atom is 0.258 e. The molecular weight excluding hydrogens is 466 g/mol. The molecule has 2 unspecified atom stereocenters. The van der Waals surface area contributed by atoms with E-state index >= 15 is 0 Å². The predicted molar refractivity (Wildman–Crippen MR) is 115 cm³/mol. The fourth-order valence-corrected chi connectivity index (χ4v) is 4.97. The van der Waals surface area contributed by atoms with Crippen molar-refractivity contribution in [3.8, 4) is 6.07 Å². The van der Waals surface area contributed by atoms with Crippen LogP contribution < -0.4 is 15.8 Å². The van der Waals surface area contributed by atoms with E-state index in [1.807, 2.05) is 29.2 Å². The molecule has 4 heterocycles. The van der Waals surface area contributed by atoms with E-state index in [4.69, 9.17) is 9.47 Å². The molecular formula is C21H20BrN5O4. The lowest BCUT2D eigenvalue weighted by atomic mass is 9.79. The molecule has 1 spiro atoms. The van der Waals surface area contributed by atoms with E-state index in [-0.39, 0.29) is 11.4 Å². The molecule has 0 saturated carbocycles. The summed E-state index contributed by atoms with van der Waals surface area (Å²) < 4.78 is 12.3. The van der Waals surface area contributed by atoms with Gasteiger partial charge in [-0.1, -0.05) is 28.1 Å². The van der Waals surface area contributed by atoms with Gasteiger partial charge in [-0.2, -0.15) is 10.2 Å². The number of aromatic amines is 1. The van der Waals surface area contributed by atoms with Gasteiger partial charge in [-0.3, -0.25) is 14.6 Å². The third-order valence-corrected chi connectivity index (χ3v) is 6.59. The van der Waals surface area contributed by atoms with E-state index < -0.39 is 23.5 Å². The number of nitrogens with one attached hydrogen (secondary N) is 2. The highest BCUT2D eigenvalue weighted by atomic mass is 79.9. The minimum Gasteiger partial charge on any atom is -0.347 e. The normalized spacial score (nSPS) is 24.5. The number of halogens is 1. The van der Waals surface area contributed by atoms with Crippen molar-refractivity contribution in [2.75, 3.05) is 36.5 Å². The quantitative estimate of drug-likeness (QED) is 0.667. The van der Waals surface area contributed by atoms with Crippen LogP contribution in [-0.4, -0.2) is 48.0 Å². The van der Waals surface area contributed by atoms with Gasteiger partial charge < -0.3 is 19.7 Å². The number of hydrogen-bond acceptors (Lipinski definition) is 7. The number of carbonyl (C=O) groups excluding carboxylic acids is 1. The van der Waals surface area contributed by atoms with Crippen LogP contribution in [0.1, 0.15) is 29.9 Å². The van der Waals surface area contributed by atoms with E-state index in [2.05, 4.69) is 31.2 Å². The van der Waals surface area contributed by atoms with Crippen LogP contribution in [0, 0.1) is 17.2 Å². The van der Waals surface area contributed by atoms with E-state index in [1.54, 1.807) is 6.07 Å². The minimum absolute atomic E-state index is 0.203. The summed E-state index contributed by atoms with van der Waals surface area (Å²) >= 11 is 3.42. The molecule has 0 aliphatic carbocycles. The zero-order valence-electron chi connectivity index (χ0n) is 16.6. The molecule has 2 atom stereocenters. The van der Waals surface area contributed by atoms with Gasteiger partial charge in [0, 0.05) is 36.3 Å². The molecule has 160 valence electrons. The highest BCUT2D eigenvalue weighted by molar-refractivity contribution is 9.10. The SMILES string of the molecule is N#CC1C(=O)Nc2nc(N3CCC4(CC3)OCCO4)[nH]c(=O)c2C1c1cccc(Br)c1. The molecule has 2 saturated heterocycles. The molecule has 2 aromatic rings. The molecule has 3 aliphatic heterocycles. The first-order valence-electron chi connectivity index (χ1n) is 10.1. The summed E-state index contributed by atoms with van der Waals surface area (Å²) in [5.41, 5.74) is 0.635. The Balaban J connectivity index is 1.51. The van der Waals surface area contributed by atoms with Crippen molar-refractivity contribution in [2.45, 2.75) is 24.5 Å². The Morgan fingerprint density at radius 3 is 2.65 bits per heavy atom. The van der Waals surface area contributed by atoms with Crippen LogP contribution in [0.25, 0.3) is 0 Å². The molecule has 5 rings (SSSR count). The third kappa shape index (κ3) is 3.52. The van der Waals surface area contributed by atoms with Gasteiger partial charge in [0.1, 0.15) is 11.7 Å². The Morgan fingerprint density at radius 2 is 1.97 bits per heavy atom. The molecule has 2 N–H and O–H groups in total. The number of rotatable bonds is 2. The molecule has 1 amide bonds. The van der Waals surface area contributed by atoms with Crippen LogP contribution in [0.3, 0.4) is 0 Å². The number of fused-ring (bicyclic) bond motifs is 1. The van der Waals surface area contributed by atoms with Gasteiger partial charge in [-0.05, 0) is 17.7 Å². The van der Waals surface area contributed by atoms with Crippen LogP contribution in [0.2, 0.25) is 0 Å². The van der Waals surface area contributed by atoms with E-state index in [9.17, 15) is 14.9 Å². The van der Waals surface area contributed by atoms with Crippen LogP contribution >= 0.6 is 15.9 Å². The Kier molecular flexibility index (Phi) is 5.04. The second kappa shape index (κ2) is 7.75. The summed E-state index contributed by atoms with van der Waals surface area (Å²) in [6.45, 7) is 2.39. The molecule has 0 radical (unpaired) electrons. The van der Waals surface area contributed by atoms with Crippen LogP contribution in [-0.2, 0) is 14.3 Å². The number of amides is 1. The number of nitrogens with zero attached hydrogens (tertiary/aromatic N) is 3. The van der Waals surface area contributed by atoms with Crippen molar-refractivity contribution in [2.24, 2.45) is 5.92 Å². The Labute approximate surface area is 186 Å². The number of anilines is 2. The Bertz CT molecular complexity index is 1130. The monoisotopic (exact) mass is 485 g/mol. The summed E-state index contributed by atoms with van der Waals surface area (Å²) in [6, 6.07) is 9.33. The zero-order chi connectivity index (χ0) is 21.6. The predicted octanol–water partition coefficient (Wildman–Crippen LogP) is 2.10. The van der Waals surface area contributed by atoms with Gasteiger partial charge in [0.05, 0.1) is 24.8 Å². The number of benzene rings is 1. The van der Waals surface area contributed by atoms with Gasteiger partial charge in [-0.15, -0.1) is 0 Å². The molecule has 1 aromatic heterocycles. The van der Waals surface area contributed by atoms with Crippen molar-refractivity contribution in [3.63, 3.8) is 0 Å². The van der Waals surface area contributed by atoms with Crippen molar-refractivity contribution < 1.29 is 14.3 Å². The Morgan fingerprint density at radius 1 is 1.23 bits per heavy atom. The number of aromatic nitrogens is 2. The van der Waals surface area contributed by atoms with E-state index in [0.29, 0.717) is 56.2 Å². The largest absolute Gasteiger partial charge is 0.347 e. The molecule has 1 aromatic carbocycles. The van der Waals surface area contributed by atoms with Gasteiger partial charge in [0.2, 0.25) is 11.9 Å². The number of carbonyl (C=O) groups is 1. The highest BCUT2D eigenvalue weighted by Crippen LogP contribution is 2.39. The average molecular weight is 486 g/mol. The van der Waals surface area contributed by atoms with E-state index in [1.165, 1.54) is 0 Å². The minimum atomic E-state index is -1.03. The van der Waals surface area contributed by atoms with Crippen molar-refractivity contribution in [1.29, 1.82) is 5.26 Å². The molecule has 3 aliphatic rings. The zero-order valence-corrected chi connectivity index (χ0v) is 18.1. The second-order valence-electron chi connectivity index (χ2n) is 7.88. The van der Waals surface area contributed by atoms with Gasteiger partial charge in [-0.25, -0.2) is 0 Å². The van der Waals surface area contributed by atoms with Crippen molar-refractivity contribution in [3.05, 3.63) is 50.2 Å². The van der Waals surface area contributed by atoms with Crippen molar-refractivity contribution in [1.82, 2.24) is 9.97 Å². The lowest BCUT2D eigenvalue weighted by molar-refractivity contribution is -0.169. The van der Waals surface area contributed by atoms with Crippen molar-refractivity contribution >= 4 is 33.6 Å². The number of nitriles is 1. The molecule has 10 heteroatoms. The number of hydrogen-bond donors (Lipinski definition) is 2. The number of ether oxygens (including phenoxy) is 2. The summed E-state index contributed by atoms with van der Waals surface area (Å²) in [5.74, 6) is -2.14. The lowest BCUT2D eigenvalue weighted by Crippen LogP contribution is -2.46. The topological polar surface area (TPSA) is 120 Å². The molecule has 2 fully saturated rings. The molecule has 9 nitrogen and oxygen atoms in total. The van der Waals surface area contributed by atoms with Gasteiger partial charge >= 0.3 is 0 Å². The average Bonchev–Trinajstić information content (AvgIpc) is 3.21. The van der Waals surface area contributed by atoms with E-state index in [0.717, 1.165) is 4.47 Å². The first-order chi connectivity index (χ1) is 15.0. The van der Waals surface area contributed by atoms with Crippen LogP contribution in [0.15, 0.2) is 33.5 Å². The number of H-pyrrole nitrogens is 1. The smallest absolute Gasteiger partial charge is 0.258 e. The highest BCUT2D eigenvalue weighted by Gasteiger charge is 2.42. The third-order valence-electron chi connectivity index (χ3n) is 6.10. The maximum absolute atomic E-state index is 13.2. The maximum atomic E-state index is 13.2. The number of piperidine rings is 1. The van der Waals surface area contributed by atoms with Crippen LogP contribution in [0.4, 0.5) is 11.8 Å². The standard InChI is InChI=1S/C21H20BrN5O4/c22-13-3-1-2-12(10-13)15-14(11-23)18(28)24-17-16(15)19(29)26-20(25-17)27-6-4-21(5-7-27)30-8-9-31-21/h1-3,10,14-15H,4-9H2,(H2,24,25,26,28,29). The molecule has 31 heavy (non-hydrogen) atoms. The summed E-state index contributed by atoms with van der Waals surface area (Å²) in [4.78, 5) is 35.2. The first kappa shape index (κ1) is 20.2.